The van der Waals surface area contributed by atoms with E-state index in [1.54, 1.807) is 6.07 Å². The van der Waals surface area contributed by atoms with Gasteiger partial charge in [0.15, 0.2) is 11.5 Å². The first kappa shape index (κ1) is 22.2. The molecular weight excluding hydrogens is 417 g/mol. The highest BCUT2D eigenvalue weighted by molar-refractivity contribution is 6.18. The van der Waals surface area contributed by atoms with Gasteiger partial charge in [-0.25, -0.2) is 9.59 Å². The molecule has 3 rings (SSSR count). The molecule has 0 saturated carbocycles. The number of halogens is 3. The molecule has 9 heteroatoms. The highest BCUT2D eigenvalue weighted by Crippen LogP contribution is 2.32. The van der Waals surface area contributed by atoms with E-state index < -0.39 is 29.5 Å². The van der Waals surface area contributed by atoms with Gasteiger partial charge in [0.25, 0.3) is 5.79 Å². The fourth-order valence-corrected chi connectivity index (χ4v) is 2.84. The zero-order valence-electron chi connectivity index (χ0n) is 16.9. The zero-order chi connectivity index (χ0) is 22.8. The Kier molecular flexibility index (Phi) is 5.97. The third-order valence-corrected chi connectivity index (χ3v) is 4.26. The first-order chi connectivity index (χ1) is 14.5. The predicted molar refractivity (Wildman–Crippen MR) is 103 cm³/mol. The van der Waals surface area contributed by atoms with Crippen molar-refractivity contribution in [3.8, 4) is 11.5 Å². The van der Waals surface area contributed by atoms with Crippen LogP contribution in [0.2, 0.25) is 0 Å². The van der Waals surface area contributed by atoms with Crippen molar-refractivity contribution in [2.45, 2.75) is 32.4 Å². The van der Waals surface area contributed by atoms with Crippen LogP contribution >= 0.6 is 0 Å². The number of cyclic esters (lactones) is 2. The molecule has 1 heterocycles. The number of ether oxygens (including phenoxy) is 4. The molecule has 0 radical (unpaired) electrons. The Balaban J connectivity index is 1.83. The summed E-state index contributed by atoms with van der Waals surface area (Å²) in [7, 11) is 1.41. The fourth-order valence-electron chi connectivity index (χ4n) is 2.84. The molecule has 1 aliphatic heterocycles. The molecule has 31 heavy (non-hydrogen) atoms. The van der Waals surface area contributed by atoms with Crippen LogP contribution in [0.15, 0.2) is 48.0 Å². The van der Waals surface area contributed by atoms with Crippen LogP contribution in [0.5, 0.6) is 11.5 Å². The van der Waals surface area contributed by atoms with Gasteiger partial charge >= 0.3 is 18.1 Å². The Morgan fingerprint density at radius 1 is 1.00 bits per heavy atom. The van der Waals surface area contributed by atoms with Gasteiger partial charge in [-0.1, -0.05) is 18.2 Å². The minimum Gasteiger partial charge on any atom is -0.493 e. The van der Waals surface area contributed by atoms with E-state index in [0.717, 1.165) is 12.1 Å². The van der Waals surface area contributed by atoms with Crippen molar-refractivity contribution in [2.75, 3.05) is 7.11 Å². The van der Waals surface area contributed by atoms with Crippen LogP contribution < -0.4 is 9.47 Å². The van der Waals surface area contributed by atoms with Crippen molar-refractivity contribution >= 4 is 18.0 Å². The molecule has 6 nitrogen and oxygen atoms in total. The Morgan fingerprint density at radius 2 is 1.68 bits per heavy atom. The molecule has 1 saturated heterocycles. The molecule has 2 aromatic rings. The lowest BCUT2D eigenvalue weighted by atomic mass is 10.1. The lowest BCUT2D eigenvalue weighted by Crippen LogP contribution is -2.41. The van der Waals surface area contributed by atoms with Crippen LogP contribution in [-0.2, 0) is 31.8 Å². The molecule has 0 aliphatic carbocycles. The third kappa shape index (κ3) is 5.36. The van der Waals surface area contributed by atoms with Gasteiger partial charge in [-0.15, -0.1) is 0 Å². The van der Waals surface area contributed by atoms with Gasteiger partial charge in [-0.05, 0) is 41.5 Å². The monoisotopic (exact) mass is 436 g/mol. The Hall–Kier alpha value is -3.49. The number of hydrogen-bond acceptors (Lipinski definition) is 6. The maximum atomic E-state index is 12.9. The maximum Gasteiger partial charge on any atom is 0.416 e. The van der Waals surface area contributed by atoms with Crippen molar-refractivity contribution in [1.29, 1.82) is 0 Å². The number of carbonyl (C=O) groups is 2. The standard InChI is InChI=1S/C22H19F3O6/c1-21(2)30-19(26)16(20(27)31-21)10-13-7-8-17(28-3)18(11-13)29-12-14-5-4-6-15(9-14)22(23,24)25/h4-11H,12H2,1-3H3. The summed E-state index contributed by atoms with van der Waals surface area (Å²) in [4.78, 5) is 24.2. The quantitative estimate of drug-likeness (QED) is 0.390. The molecule has 0 unspecified atom stereocenters. The molecule has 164 valence electrons. The van der Waals surface area contributed by atoms with Crippen LogP contribution in [-0.4, -0.2) is 24.8 Å². The summed E-state index contributed by atoms with van der Waals surface area (Å²) in [5.41, 5.74) is -0.365. The predicted octanol–water partition coefficient (Wildman–Crippen LogP) is 4.51. The van der Waals surface area contributed by atoms with Gasteiger partial charge in [0.1, 0.15) is 12.2 Å². The minimum atomic E-state index is -4.46. The first-order valence-corrected chi connectivity index (χ1v) is 9.14. The summed E-state index contributed by atoms with van der Waals surface area (Å²) in [5, 5.41) is 0. The van der Waals surface area contributed by atoms with E-state index in [9.17, 15) is 22.8 Å². The number of methoxy groups -OCH3 is 1. The van der Waals surface area contributed by atoms with E-state index in [-0.39, 0.29) is 17.9 Å². The van der Waals surface area contributed by atoms with E-state index >= 15 is 0 Å². The van der Waals surface area contributed by atoms with Crippen molar-refractivity contribution in [2.24, 2.45) is 0 Å². The molecule has 0 aromatic heterocycles. The minimum absolute atomic E-state index is 0.154. The molecule has 2 aromatic carbocycles. The number of carbonyl (C=O) groups excluding carboxylic acids is 2. The molecule has 0 N–H and O–H groups in total. The van der Waals surface area contributed by atoms with E-state index in [1.807, 2.05) is 0 Å². The van der Waals surface area contributed by atoms with E-state index in [2.05, 4.69) is 0 Å². The Morgan fingerprint density at radius 3 is 2.29 bits per heavy atom. The third-order valence-electron chi connectivity index (χ3n) is 4.26. The second kappa shape index (κ2) is 8.33. The van der Waals surface area contributed by atoms with Crippen LogP contribution in [0.3, 0.4) is 0 Å². The van der Waals surface area contributed by atoms with Crippen LogP contribution in [0.25, 0.3) is 6.08 Å². The van der Waals surface area contributed by atoms with Crippen molar-refractivity contribution in [3.63, 3.8) is 0 Å². The Labute approximate surface area is 176 Å². The number of alkyl halides is 3. The van der Waals surface area contributed by atoms with Gasteiger partial charge in [0.05, 0.1) is 12.7 Å². The van der Waals surface area contributed by atoms with Crippen LogP contribution in [0, 0.1) is 0 Å². The summed E-state index contributed by atoms with van der Waals surface area (Å²) < 4.78 is 59.6. The SMILES string of the molecule is COc1ccc(C=C2C(=O)OC(C)(C)OC2=O)cc1OCc1cccc(C(F)(F)F)c1. The van der Waals surface area contributed by atoms with Crippen molar-refractivity contribution < 1.29 is 41.7 Å². The topological polar surface area (TPSA) is 71.1 Å². The molecule has 1 aliphatic rings. The number of rotatable bonds is 5. The van der Waals surface area contributed by atoms with E-state index in [4.69, 9.17) is 18.9 Å². The summed E-state index contributed by atoms with van der Waals surface area (Å²) in [5.74, 6) is -2.48. The summed E-state index contributed by atoms with van der Waals surface area (Å²) in [6.45, 7) is 2.72. The molecule has 0 amide bonds. The van der Waals surface area contributed by atoms with E-state index in [0.29, 0.717) is 16.9 Å². The largest absolute Gasteiger partial charge is 0.493 e. The molecule has 1 fully saturated rings. The van der Waals surface area contributed by atoms with Gasteiger partial charge < -0.3 is 18.9 Å². The lowest BCUT2D eigenvalue weighted by molar-refractivity contribution is -0.222. The zero-order valence-corrected chi connectivity index (χ0v) is 16.9. The average Bonchev–Trinajstić information content (AvgIpc) is 2.68. The first-order valence-electron chi connectivity index (χ1n) is 9.14. The van der Waals surface area contributed by atoms with Crippen molar-refractivity contribution in [3.05, 3.63) is 64.7 Å². The van der Waals surface area contributed by atoms with Crippen LogP contribution in [0.4, 0.5) is 13.2 Å². The average molecular weight is 436 g/mol. The van der Waals surface area contributed by atoms with Gasteiger partial charge in [0.2, 0.25) is 0 Å². The summed E-state index contributed by atoms with van der Waals surface area (Å²) in [6.07, 6.45) is -3.19. The van der Waals surface area contributed by atoms with E-state index in [1.165, 1.54) is 51.3 Å². The second-order valence-corrected chi connectivity index (χ2v) is 7.13. The molecule has 0 bridgehead atoms. The van der Waals surface area contributed by atoms with Crippen molar-refractivity contribution in [1.82, 2.24) is 0 Å². The number of benzene rings is 2. The molecule has 0 atom stereocenters. The molecule has 0 spiro atoms. The number of esters is 2. The normalized spacial score (nSPS) is 15.7. The van der Waals surface area contributed by atoms with Gasteiger partial charge in [-0.3, -0.25) is 0 Å². The Bertz CT molecular complexity index is 1020. The lowest BCUT2D eigenvalue weighted by Gasteiger charge is -2.29. The van der Waals surface area contributed by atoms with Crippen LogP contribution in [0.1, 0.15) is 30.5 Å². The smallest absolute Gasteiger partial charge is 0.416 e. The summed E-state index contributed by atoms with van der Waals surface area (Å²) >= 11 is 0. The summed E-state index contributed by atoms with van der Waals surface area (Å²) in [6, 6.07) is 9.36. The highest BCUT2D eigenvalue weighted by atomic mass is 19.4. The second-order valence-electron chi connectivity index (χ2n) is 7.13. The molecular formula is C22H19F3O6. The number of hydrogen-bond donors (Lipinski definition) is 0. The fraction of sp³-hybridized carbons (Fsp3) is 0.273. The maximum absolute atomic E-state index is 12.9. The van der Waals surface area contributed by atoms with Gasteiger partial charge in [-0.2, -0.15) is 13.2 Å². The van der Waals surface area contributed by atoms with Gasteiger partial charge in [0, 0.05) is 13.8 Å². The highest BCUT2D eigenvalue weighted by Gasteiger charge is 2.38.